The van der Waals surface area contributed by atoms with E-state index in [0.717, 1.165) is 11.0 Å². The van der Waals surface area contributed by atoms with Gasteiger partial charge in [-0.1, -0.05) is 47.5 Å². The predicted molar refractivity (Wildman–Crippen MR) is 197 cm³/mol. The fraction of sp³-hybridized carbons (Fsp3) is 0.262. The molecule has 2 aliphatic heterocycles. The molecule has 9 rings (SSSR count). The highest BCUT2D eigenvalue weighted by molar-refractivity contribution is 6.32. The molecule has 3 heterocycles. The van der Waals surface area contributed by atoms with E-state index in [1.165, 1.54) is 17.0 Å². The molecule has 5 aromatic rings. The van der Waals surface area contributed by atoms with Crippen LogP contribution in [0.5, 0.6) is 11.5 Å². The van der Waals surface area contributed by atoms with Crippen LogP contribution >= 0.6 is 11.6 Å². The van der Waals surface area contributed by atoms with Gasteiger partial charge >= 0.3 is 0 Å². The molecule has 0 unspecified atom stereocenters. The second-order valence-electron chi connectivity index (χ2n) is 14.4. The number of anilines is 2. The highest BCUT2D eigenvalue weighted by Gasteiger charge is 2.68. The number of halogens is 2. The quantitative estimate of drug-likeness (QED) is 0.138. The molecule has 0 bridgehead atoms. The van der Waals surface area contributed by atoms with Gasteiger partial charge in [0.2, 0.25) is 29.5 Å². The number of hydrogen-bond acceptors (Lipinski definition) is 8. The van der Waals surface area contributed by atoms with Gasteiger partial charge in [-0.15, -0.1) is 0 Å². The van der Waals surface area contributed by atoms with Crippen LogP contribution in [-0.2, 0) is 19.2 Å². The number of oxazole rings is 1. The van der Waals surface area contributed by atoms with Crippen molar-refractivity contribution < 1.29 is 37.8 Å². The molecule has 10 nitrogen and oxygen atoms in total. The molecule has 272 valence electrons. The van der Waals surface area contributed by atoms with Crippen LogP contribution in [0.25, 0.3) is 22.6 Å². The van der Waals surface area contributed by atoms with Crippen LogP contribution in [0.4, 0.5) is 15.8 Å². The number of allylic oxidation sites excluding steroid dienone is 2. The molecule has 4 amide bonds. The molecule has 4 aromatic carbocycles. The van der Waals surface area contributed by atoms with E-state index in [0.29, 0.717) is 39.4 Å². The van der Waals surface area contributed by atoms with Gasteiger partial charge in [0.25, 0.3) is 0 Å². The lowest BCUT2D eigenvalue weighted by molar-refractivity contribution is -0.131. The number of carbonyl (C=O) groups excluding carboxylic acids is 4. The van der Waals surface area contributed by atoms with Gasteiger partial charge in [-0.05, 0) is 93.3 Å². The van der Waals surface area contributed by atoms with Crippen molar-refractivity contribution in [1.29, 1.82) is 0 Å². The van der Waals surface area contributed by atoms with Gasteiger partial charge < -0.3 is 14.3 Å². The molecular weight excluding hydrogens is 713 g/mol. The number of ether oxygens (including phenoxy) is 1. The number of phenols is 1. The van der Waals surface area contributed by atoms with E-state index >= 15 is 0 Å². The van der Waals surface area contributed by atoms with Crippen molar-refractivity contribution in [3.63, 3.8) is 0 Å². The minimum Gasteiger partial charge on any atom is -0.504 e. The van der Waals surface area contributed by atoms with Gasteiger partial charge in [-0.25, -0.2) is 14.3 Å². The normalized spacial score (nSPS) is 26.2. The van der Waals surface area contributed by atoms with E-state index in [4.69, 9.17) is 20.8 Å². The molecule has 1 aromatic heterocycles. The highest BCUT2D eigenvalue weighted by Crippen LogP contribution is 2.65. The maximum atomic E-state index is 14.7. The molecule has 0 radical (unpaired) electrons. The van der Waals surface area contributed by atoms with Crippen molar-refractivity contribution in [2.75, 3.05) is 16.4 Å². The first-order chi connectivity index (χ1) is 26.0. The molecule has 4 aliphatic rings. The van der Waals surface area contributed by atoms with Crippen molar-refractivity contribution in [2.45, 2.75) is 32.6 Å². The highest BCUT2D eigenvalue weighted by atomic mass is 35.5. The third-order valence-electron chi connectivity index (χ3n) is 11.7. The smallest absolute Gasteiger partial charge is 0.241 e. The zero-order valence-electron chi connectivity index (χ0n) is 29.2. The SMILES string of the molecule is CCOc1cccc([C@H]2C3=CC[C@@H]4C(=O)N(c5ccc(-c6nc7ccccc7o6)cc5)C(=O)[C@@H]4[C@@H]3C[C@H]3C(=O)N(c4ccc(F)c(Cl)c4)C(=O)[C@@]23C)c1O. The first-order valence-corrected chi connectivity index (χ1v) is 18.2. The lowest BCUT2D eigenvalue weighted by atomic mass is 9.51. The summed E-state index contributed by atoms with van der Waals surface area (Å²) in [5, 5.41) is 11.4. The summed E-state index contributed by atoms with van der Waals surface area (Å²) >= 11 is 6.12. The van der Waals surface area contributed by atoms with Crippen molar-refractivity contribution in [2.24, 2.45) is 29.1 Å². The number of rotatable bonds is 6. The summed E-state index contributed by atoms with van der Waals surface area (Å²) in [4.78, 5) is 64.7. The fourth-order valence-corrected chi connectivity index (χ4v) is 9.45. The zero-order valence-corrected chi connectivity index (χ0v) is 29.9. The molecule has 3 fully saturated rings. The van der Waals surface area contributed by atoms with Gasteiger partial charge in [0.05, 0.1) is 46.2 Å². The summed E-state index contributed by atoms with van der Waals surface area (Å²) in [6.45, 7) is 3.76. The summed E-state index contributed by atoms with van der Waals surface area (Å²) < 4.78 is 25.9. The van der Waals surface area contributed by atoms with Gasteiger partial charge in [0, 0.05) is 17.0 Å². The fourth-order valence-electron chi connectivity index (χ4n) is 9.28. The van der Waals surface area contributed by atoms with E-state index in [9.17, 15) is 28.7 Å². The monoisotopic (exact) mass is 745 g/mol. The van der Waals surface area contributed by atoms with Crippen molar-refractivity contribution >= 4 is 57.7 Å². The molecule has 12 heteroatoms. The molecule has 6 atom stereocenters. The number of aromatic hydroxyl groups is 1. The maximum Gasteiger partial charge on any atom is 0.241 e. The lowest BCUT2D eigenvalue weighted by Gasteiger charge is -2.49. The molecule has 0 spiro atoms. The van der Waals surface area contributed by atoms with Crippen LogP contribution in [0, 0.1) is 34.9 Å². The molecule has 1 saturated carbocycles. The second kappa shape index (κ2) is 12.4. The van der Waals surface area contributed by atoms with Crippen LogP contribution in [0.1, 0.15) is 38.2 Å². The molecular formula is C42H33ClFN3O7. The summed E-state index contributed by atoms with van der Waals surface area (Å²) in [7, 11) is 0. The summed E-state index contributed by atoms with van der Waals surface area (Å²) in [6, 6.07) is 23.0. The number of hydrogen-bond donors (Lipinski definition) is 1. The first kappa shape index (κ1) is 34.0. The van der Waals surface area contributed by atoms with E-state index in [-0.39, 0.29) is 47.6 Å². The van der Waals surface area contributed by atoms with Crippen LogP contribution in [0.3, 0.4) is 0 Å². The number of phenolic OH excluding ortho intramolecular Hbond substituents is 1. The topological polar surface area (TPSA) is 130 Å². The van der Waals surface area contributed by atoms with E-state index in [1.807, 2.05) is 30.3 Å². The van der Waals surface area contributed by atoms with Crippen molar-refractivity contribution in [3.05, 3.63) is 113 Å². The Labute approximate surface area is 313 Å². The van der Waals surface area contributed by atoms with Crippen LogP contribution in [-0.4, -0.2) is 40.3 Å². The average molecular weight is 746 g/mol. The second-order valence-corrected chi connectivity index (χ2v) is 14.8. The lowest BCUT2D eigenvalue weighted by Crippen LogP contribution is -2.48. The number of benzene rings is 4. The van der Waals surface area contributed by atoms with Crippen LogP contribution in [0.15, 0.2) is 101 Å². The Balaban J connectivity index is 1.11. The number of fused-ring (bicyclic) bond motifs is 5. The third-order valence-corrected chi connectivity index (χ3v) is 12.0. The van der Waals surface area contributed by atoms with Gasteiger partial charge in [-0.3, -0.25) is 24.1 Å². The van der Waals surface area contributed by atoms with Crippen molar-refractivity contribution in [1.82, 2.24) is 4.98 Å². The molecule has 2 saturated heterocycles. The van der Waals surface area contributed by atoms with E-state index < -0.39 is 58.5 Å². The standard InChI is InChI=1S/C42H33ClFN3O7/c1-3-53-33-10-6-7-26(36(33)48)35-24-16-17-25-34(27(24)20-28-39(50)47(41(52)42(28,35)2)23-15-18-30(44)29(43)19-23)40(51)46(38(25)49)22-13-11-21(12-14-22)37-45-31-8-4-5-9-32(31)54-37/h4-16,18-19,25,27-28,34-35,48H,3,17,20H2,1-2H3/t25-,27+,28-,34-,35+,42+/m0/s1. The number of nitrogens with zero attached hydrogens (tertiary/aromatic N) is 3. The summed E-state index contributed by atoms with van der Waals surface area (Å²) in [6.07, 6.45) is 2.23. The Morgan fingerprint density at radius 1 is 0.926 bits per heavy atom. The Morgan fingerprint density at radius 3 is 2.43 bits per heavy atom. The number of aromatic nitrogens is 1. The van der Waals surface area contributed by atoms with Gasteiger partial charge in [-0.2, -0.15) is 0 Å². The minimum absolute atomic E-state index is 0.103. The Kier molecular flexibility index (Phi) is 7.79. The minimum atomic E-state index is -1.43. The molecule has 1 N–H and O–H groups in total. The number of amides is 4. The average Bonchev–Trinajstić information content (AvgIpc) is 3.77. The Hall–Kier alpha value is -5.81. The van der Waals surface area contributed by atoms with Crippen LogP contribution < -0.4 is 14.5 Å². The van der Waals surface area contributed by atoms with Gasteiger partial charge in [0.1, 0.15) is 11.3 Å². The third kappa shape index (κ3) is 4.80. The molecule has 54 heavy (non-hydrogen) atoms. The molecule has 2 aliphatic carbocycles. The van der Waals surface area contributed by atoms with E-state index in [2.05, 4.69) is 4.98 Å². The maximum absolute atomic E-state index is 14.7. The van der Waals surface area contributed by atoms with Crippen molar-refractivity contribution in [3.8, 4) is 23.0 Å². The largest absolute Gasteiger partial charge is 0.504 e. The van der Waals surface area contributed by atoms with E-state index in [1.54, 1.807) is 56.3 Å². The predicted octanol–water partition coefficient (Wildman–Crippen LogP) is 7.83. The first-order valence-electron chi connectivity index (χ1n) is 17.8. The number of imide groups is 2. The zero-order chi connectivity index (χ0) is 37.6. The Morgan fingerprint density at radius 2 is 1.69 bits per heavy atom. The number of para-hydroxylation sites is 3. The Bertz CT molecular complexity index is 2430. The van der Waals surface area contributed by atoms with Gasteiger partial charge in [0.15, 0.2) is 17.1 Å². The summed E-state index contributed by atoms with van der Waals surface area (Å²) in [5.41, 5.74) is 2.18. The van der Waals surface area contributed by atoms with Crippen LogP contribution in [0.2, 0.25) is 5.02 Å². The summed E-state index contributed by atoms with van der Waals surface area (Å²) in [5.74, 6) is -6.03. The number of carbonyl (C=O) groups is 4.